The Kier molecular flexibility index (Phi) is 9.35. The summed E-state index contributed by atoms with van der Waals surface area (Å²) in [7, 11) is 0. The Morgan fingerprint density at radius 2 is 1.87 bits per heavy atom. The third kappa shape index (κ3) is 6.27. The Bertz CT molecular complexity index is 213. The van der Waals surface area contributed by atoms with Gasteiger partial charge in [-0.05, 0) is 6.42 Å². The number of esters is 1. The molecule has 0 aliphatic rings. The number of ether oxygens (including phenoxy) is 1. The molecule has 0 aliphatic carbocycles. The molecule has 0 heterocycles. The van der Waals surface area contributed by atoms with Crippen LogP contribution in [0.5, 0.6) is 0 Å². The van der Waals surface area contributed by atoms with Crippen LogP contribution in [0.4, 0.5) is 0 Å². The molecule has 0 aliphatic heterocycles. The van der Waals surface area contributed by atoms with Crippen LogP contribution in [0.15, 0.2) is 0 Å². The molecule has 15 heavy (non-hydrogen) atoms. The van der Waals surface area contributed by atoms with E-state index in [0.717, 1.165) is 12.8 Å². The molecule has 7 heteroatoms. The fraction of sp³-hybridized carbons (Fsp3) is 0.750. The molecular weight excluding hydrogens is 224 g/mol. The SMILES string of the molecule is CCCCOC(=O)C(N)C(N)C(=O)O.Cl. The van der Waals surface area contributed by atoms with Crippen molar-refractivity contribution in [2.24, 2.45) is 11.5 Å². The third-order valence-electron chi connectivity index (χ3n) is 1.69. The maximum Gasteiger partial charge on any atom is 0.325 e. The minimum Gasteiger partial charge on any atom is -0.480 e. The summed E-state index contributed by atoms with van der Waals surface area (Å²) in [6, 6.07) is -2.71. The maximum absolute atomic E-state index is 11.1. The van der Waals surface area contributed by atoms with Crippen LogP contribution in [-0.4, -0.2) is 35.7 Å². The van der Waals surface area contributed by atoms with Gasteiger partial charge in [0.1, 0.15) is 12.1 Å². The summed E-state index contributed by atoms with van der Waals surface area (Å²) in [6.45, 7) is 2.19. The highest BCUT2D eigenvalue weighted by atomic mass is 35.5. The third-order valence-corrected chi connectivity index (χ3v) is 1.69. The van der Waals surface area contributed by atoms with Crippen molar-refractivity contribution in [2.75, 3.05) is 6.61 Å². The van der Waals surface area contributed by atoms with Gasteiger partial charge >= 0.3 is 11.9 Å². The van der Waals surface area contributed by atoms with Gasteiger partial charge in [-0.1, -0.05) is 13.3 Å². The van der Waals surface area contributed by atoms with Crippen molar-refractivity contribution in [3.63, 3.8) is 0 Å². The van der Waals surface area contributed by atoms with E-state index in [2.05, 4.69) is 0 Å². The lowest BCUT2D eigenvalue weighted by Gasteiger charge is -2.14. The standard InChI is InChI=1S/C8H16N2O4.ClH/c1-2-3-4-14-8(13)6(10)5(9)7(11)12;/h5-6H,2-4,9-10H2,1H3,(H,11,12);1H. The Morgan fingerprint density at radius 3 is 2.27 bits per heavy atom. The van der Waals surface area contributed by atoms with Crippen molar-refractivity contribution >= 4 is 24.3 Å². The van der Waals surface area contributed by atoms with Crippen molar-refractivity contribution in [3.8, 4) is 0 Å². The van der Waals surface area contributed by atoms with E-state index in [9.17, 15) is 9.59 Å². The second kappa shape index (κ2) is 8.46. The molecule has 5 N–H and O–H groups in total. The minimum atomic E-state index is -1.41. The van der Waals surface area contributed by atoms with Gasteiger partial charge in [0.15, 0.2) is 0 Å². The van der Waals surface area contributed by atoms with Crippen molar-refractivity contribution in [2.45, 2.75) is 31.8 Å². The van der Waals surface area contributed by atoms with Crippen LogP contribution < -0.4 is 11.5 Å². The first kappa shape index (κ1) is 16.6. The van der Waals surface area contributed by atoms with Crippen LogP contribution in [0.2, 0.25) is 0 Å². The summed E-state index contributed by atoms with van der Waals surface area (Å²) in [5.74, 6) is -2.08. The first-order valence-electron chi connectivity index (χ1n) is 4.41. The average molecular weight is 241 g/mol. The first-order valence-corrected chi connectivity index (χ1v) is 4.41. The molecule has 2 atom stereocenters. The van der Waals surface area contributed by atoms with E-state index in [1.165, 1.54) is 0 Å². The van der Waals surface area contributed by atoms with Gasteiger partial charge in [-0.25, -0.2) is 0 Å². The molecule has 6 nitrogen and oxygen atoms in total. The van der Waals surface area contributed by atoms with Gasteiger partial charge in [0, 0.05) is 0 Å². The zero-order chi connectivity index (χ0) is 11.1. The largest absolute Gasteiger partial charge is 0.480 e. The topological polar surface area (TPSA) is 116 Å². The number of carbonyl (C=O) groups excluding carboxylic acids is 1. The molecule has 0 amide bonds. The Morgan fingerprint density at radius 1 is 1.33 bits per heavy atom. The van der Waals surface area contributed by atoms with Gasteiger partial charge in [0.05, 0.1) is 6.61 Å². The molecule has 0 fully saturated rings. The van der Waals surface area contributed by atoms with Crippen molar-refractivity contribution in [1.82, 2.24) is 0 Å². The number of carbonyl (C=O) groups is 2. The monoisotopic (exact) mass is 240 g/mol. The van der Waals surface area contributed by atoms with Crippen molar-refractivity contribution in [1.29, 1.82) is 0 Å². The summed E-state index contributed by atoms with van der Waals surface area (Å²) >= 11 is 0. The zero-order valence-electron chi connectivity index (χ0n) is 8.51. The van der Waals surface area contributed by atoms with Gasteiger partial charge in [0.2, 0.25) is 0 Å². The second-order valence-electron chi connectivity index (χ2n) is 2.91. The van der Waals surface area contributed by atoms with E-state index in [-0.39, 0.29) is 19.0 Å². The number of hydrogen-bond acceptors (Lipinski definition) is 5. The summed E-state index contributed by atoms with van der Waals surface area (Å²) < 4.78 is 4.71. The number of rotatable bonds is 6. The fourth-order valence-electron chi connectivity index (χ4n) is 0.714. The van der Waals surface area contributed by atoms with Crippen molar-refractivity contribution in [3.05, 3.63) is 0 Å². The molecule has 2 unspecified atom stereocenters. The molecule has 0 saturated carbocycles. The molecule has 0 aromatic carbocycles. The van der Waals surface area contributed by atoms with Crippen LogP contribution in [0, 0.1) is 0 Å². The second-order valence-corrected chi connectivity index (χ2v) is 2.91. The number of aliphatic carboxylic acids is 1. The number of halogens is 1. The van der Waals surface area contributed by atoms with Crippen LogP contribution in [0.25, 0.3) is 0 Å². The lowest BCUT2D eigenvalue weighted by molar-refractivity contribution is -0.150. The quantitative estimate of drug-likeness (QED) is 0.425. The number of carboxylic acids is 1. The van der Waals surface area contributed by atoms with Crippen LogP contribution >= 0.6 is 12.4 Å². The molecule has 0 rings (SSSR count). The lowest BCUT2D eigenvalue weighted by atomic mass is 10.1. The highest BCUT2D eigenvalue weighted by Crippen LogP contribution is 1.94. The molecule has 0 aromatic rings. The summed E-state index contributed by atoms with van der Waals surface area (Å²) in [6.07, 6.45) is 1.61. The zero-order valence-corrected chi connectivity index (χ0v) is 9.33. The minimum absolute atomic E-state index is 0. The number of hydrogen-bond donors (Lipinski definition) is 3. The van der Waals surface area contributed by atoms with Gasteiger partial charge in [-0.15, -0.1) is 12.4 Å². The summed E-state index contributed by atoms with van der Waals surface area (Å²) in [5, 5.41) is 8.46. The Hall–Kier alpha value is -0.850. The molecule has 0 saturated heterocycles. The Labute approximate surface area is 94.4 Å². The molecule has 0 spiro atoms. The summed E-state index contributed by atoms with van der Waals surface area (Å²) in [4.78, 5) is 21.4. The predicted molar refractivity (Wildman–Crippen MR) is 56.7 cm³/mol. The van der Waals surface area contributed by atoms with E-state index in [0.29, 0.717) is 0 Å². The van der Waals surface area contributed by atoms with E-state index in [4.69, 9.17) is 21.3 Å². The maximum atomic E-state index is 11.1. The molecule has 0 aromatic heterocycles. The molecule has 0 radical (unpaired) electrons. The number of unbranched alkanes of at least 4 members (excludes halogenated alkanes) is 1. The van der Waals surface area contributed by atoms with Crippen molar-refractivity contribution < 1.29 is 19.4 Å². The number of nitrogens with two attached hydrogens (primary N) is 2. The van der Waals surface area contributed by atoms with E-state index < -0.39 is 24.0 Å². The Balaban J connectivity index is 0. The fourth-order valence-corrected chi connectivity index (χ4v) is 0.714. The van der Waals surface area contributed by atoms with Gasteiger partial charge in [-0.2, -0.15) is 0 Å². The van der Waals surface area contributed by atoms with Crippen LogP contribution in [0.3, 0.4) is 0 Å². The summed E-state index contributed by atoms with van der Waals surface area (Å²) in [5.41, 5.74) is 10.4. The highest BCUT2D eigenvalue weighted by Gasteiger charge is 2.28. The normalized spacial score (nSPS) is 13.5. The lowest BCUT2D eigenvalue weighted by Crippen LogP contribution is -2.52. The van der Waals surface area contributed by atoms with E-state index in [1.54, 1.807) is 0 Å². The van der Waals surface area contributed by atoms with Gasteiger partial charge in [0.25, 0.3) is 0 Å². The highest BCUT2D eigenvalue weighted by molar-refractivity contribution is 5.86. The van der Waals surface area contributed by atoms with Crippen LogP contribution in [-0.2, 0) is 14.3 Å². The molecule has 90 valence electrons. The molecular formula is C8H17ClN2O4. The van der Waals surface area contributed by atoms with Crippen LogP contribution in [0.1, 0.15) is 19.8 Å². The smallest absolute Gasteiger partial charge is 0.325 e. The average Bonchev–Trinajstić information content (AvgIpc) is 2.15. The first-order chi connectivity index (χ1) is 6.50. The number of carboxylic acid groups (broad SMARTS) is 1. The molecule has 0 bridgehead atoms. The van der Waals surface area contributed by atoms with Gasteiger partial charge in [-0.3, -0.25) is 9.59 Å². The van der Waals surface area contributed by atoms with E-state index >= 15 is 0 Å². The van der Waals surface area contributed by atoms with E-state index in [1.807, 2.05) is 6.92 Å². The predicted octanol–water partition coefficient (Wildman–Crippen LogP) is -0.509. The van der Waals surface area contributed by atoms with Gasteiger partial charge < -0.3 is 21.3 Å².